The molecule has 0 unspecified atom stereocenters. The number of carbonyl (C=O) groups is 1. The molecule has 0 saturated carbocycles. The van der Waals surface area contributed by atoms with Gasteiger partial charge in [0, 0.05) is 11.8 Å². The molecule has 1 atom stereocenters. The van der Waals surface area contributed by atoms with Gasteiger partial charge in [0.25, 0.3) is 0 Å². The fraction of sp³-hybridized carbons (Fsp3) is 0.364. The van der Waals surface area contributed by atoms with Crippen molar-refractivity contribution in [1.82, 2.24) is 0 Å². The summed E-state index contributed by atoms with van der Waals surface area (Å²) in [6.07, 6.45) is 0. The highest BCUT2D eigenvalue weighted by Crippen LogP contribution is 2.32. The van der Waals surface area contributed by atoms with Crippen LogP contribution >= 0.6 is 15.9 Å². The average molecular weight is 286 g/mol. The molecule has 4 nitrogen and oxygen atoms in total. The fourth-order valence-corrected chi connectivity index (χ4v) is 1.48. The van der Waals surface area contributed by atoms with Crippen molar-refractivity contribution in [2.45, 2.75) is 11.8 Å². The Morgan fingerprint density at radius 2 is 2.06 bits per heavy atom. The molecule has 0 radical (unpaired) electrons. The zero-order valence-electron chi connectivity index (χ0n) is 8.83. The van der Waals surface area contributed by atoms with Gasteiger partial charge in [-0.2, -0.15) is 0 Å². The van der Waals surface area contributed by atoms with Crippen LogP contribution < -0.4 is 14.8 Å². The van der Waals surface area contributed by atoms with E-state index in [0.29, 0.717) is 24.7 Å². The zero-order chi connectivity index (χ0) is 11.5. The molecule has 1 aliphatic rings. The van der Waals surface area contributed by atoms with Crippen molar-refractivity contribution in [1.29, 1.82) is 0 Å². The van der Waals surface area contributed by atoms with Crippen LogP contribution in [0.3, 0.4) is 0 Å². The molecular weight excluding hydrogens is 274 g/mol. The molecule has 1 heterocycles. The lowest BCUT2D eigenvalue weighted by atomic mass is 10.2. The molecule has 0 bridgehead atoms. The van der Waals surface area contributed by atoms with Crippen molar-refractivity contribution in [3.63, 3.8) is 0 Å². The topological polar surface area (TPSA) is 47.6 Å². The SMILES string of the molecule is C[C@@H](Br)C(=O)Nc1ccc2c(c1)OCCO2. The molecule has 86 valence electrons. The first kappa shape index (κ1) is 11.3. The second-order valence-electron chi connectivity index (χ2n) is 3.46. The van der Waals surface area contributed by atoms with Gasteiger partial charge in [0.15, 0.2) is 11.5 Å². The summed E-state index contributed by atoms with van der Waals surface area (Å²) >= 11 is 3.20. The van der Waals surface area contributed by atoms with Crippen LogP contribution in [0.5, 0.6) is 11.5 Å². The lowest BCUT2D eigenvalue weighted by Crippen LogP contribution is -2.20. The van der Waals surface area contributed by atoms with Crippen LogP contribution in [-0.4, -0.2) is 23.9 Å². The molecule has 5 heteroatoms. The number of carbonyl (C=O) groups excluding carboxylic acids is 1. The number of amides is 1. The maximum atomic E-state index is 11.5. The van der Waals surface area contributed by atoms with Crippen molar-refractivity contribution >= 4 is 27.5 Å². The van der Waals surface area contributed by atoms with E-state index in [0.717, 1.165) is 5.75 Å². The third-order valence-electron chi connectivity index (χ3n) is 2.17. The second-order valence-corrected chi connectivity index (χ2v) is 4.84. The summed E-state index contributed by atoms with van der Waals surface area (Å²) in [5.41, 5.74) is 0.709. The average Bonchev–Trinajstić information content (AvgIpc) is 2.28. The summed E-state index contributed by atoms with van der Waals surface area (Å²) in [6, 6.07) is 5.35. The Labute approximate surface area is 102 Å². The van der Waals surface area contributed by atoms with Gasteiger partial charge in [0.1, 0.15) is 13.2 Å². The number of hydrogen-bond acceptors (Lipinski definition) is 3. The van der Waals surface area contributed by atoms with Gasteiger partial charge in [-0.3, -0.25) is 4.79 Å². The van der Waals surface area contributed by atoms with Gasteiger partial charge in [-0.25, -0.2) is 0 Å². The maximum absolute atomic E-state index is 11.5. The predicted molar refractivity (Wildman–Crippen MR) is 64.5 cm³/mol. The van der Waals surface area contributed by atoms with Gasteiger partial charge in [-0.05, 0) is 19.1 Å². The number of anilines is 1. The molecule has 0 saturated heterocycles. The fourth-order valence-electron chi connectivity index (χ4n) is 1.36. The summed E-state index contributed by atoms with van der Waals surface area (Å²) in [5.74, 6) is 1.30. The minimum atomic E-state index is -0.222. The van der Waals surface area contributed by atoms with E-state index in [2.05, 4.69) is 21.2 Å². The summed E-state index contributed by atoms with van der Waals surface area (Å²) < 4.78 is 10.8. The largest absolute Gasteiger partial charge is 0.486 e. The van der Waals surface area contributed by atoms with E-state index in [9.17, 15) is 4.79 Å². The molecule has 0 fully saturated rings. The van der Waals surface area contributed by atoms with Crippen molar-refractivity contribution in [3.05, 3.63) is 18.2 Å². The van der Waals surface area contributed by atoms with E-state index in [-0.39, 0.29) is 10.7 Å². The normalized spacial score (nSPS) is 15.4. The minimum Gasteiger partial charge on any atom is -0.486 e. The molecule has 1 aromatic carbocycles. The van der Waals surface area contributed by atoms with Crippen LogP contribution in [0.15, 0.2) is 18.2 Å². The van der Waals surface area contributed by atoms with Crippen LogP contribution in [0.4, 0.5) is 5.69 Å². The minimum absolute atomic E-state index is 0.0864. The van der Waals surface area contributed by atoms with E-state index in [1.807, 2.05) is 0 Å². The monoisotopic (exact) mass is 285 g/mol. The van der Waals surface area contributed by atoms with E-state index in [1.54, 1.807) is 25.1 Å². The van der Waals surface area contributed by atoms with Gasteiger partial charge in [-0.15, -0.1) is 0 Å². The number of alkyl halides is 1. The van der Waals surface area contributed by atoms with Crippen LogP contribution in [0.1, 0.15) is 6.92 Å². The lowest BCUT2D eigenvalue weighted by molar-refractivity contribution is -0.115. The first-order chi connectivity index (χ1) is 7.66. The number of hydrogen-bond donors (Lipinski definition) is 1. The van der Waals surface area contributed by atoms with E-state index < -0.39 is 0 Å². The summed E-state index contributed by atoms with van der Waals surface area (Å²) in [6.45, 7) is 2.88. The molecule has 2 rings (SSSR count). The molecule has 16 heavy (non-hydrogen) atoms. The predicted octanol–water partition coefficient (Wildman–Crippen LogP) is 2.18. The molecule has 1 aromatic rings. The smallest absolute Gasteiger partial charge is 0.237 e. The highest BCUT2D eigenvalue weighted by molar-refractivity contribution is 9.10. The number of halogens is 1. The van der Waals surface area contributed by atoms with Crippen molar-refractivity contribution in [3.8, 4) is 11.5 Å². The maximum Gasteiger partial charge on any atom is 0.237 e. The van der Waals surface area contributed by atoms with Crippen molar-refractivity contribution in [2.75, 3.05) is 18.5 Å². The Morgan fingerprint density at radius 1 is 1.38 bits per heavy atom. The zero-order valence-corrected chi connectivity index (χ0v) is 10.4. The molecular formula is C11H12BrNO3. The number of ether oxygens (including phenoxy) is 2. The second kappa shape index (κ2) is 4.74. The Bertz CT molecular complexity index is 406. The Balaban J connectivity index is 2.14. The number of benzene rings is 1. The Kier molecular flexibility index (Phi) is 3.33. The van der Waals surface area contributed by atoms with Crippen LogP contribution in [0.2, 0.25) is 0 Å². The quantitative estimate of drug-likeness (QED) is 0.848. The highest BCUT2D eigenvalue weighted by Gasteiger charge is 2.14. The van der Waals surface area contributed by atoms with Gasteiger partial charge in [0.2, 0.25) is 5.91 Å². The third-order valence-corrected chi connectivity index (χ3v) is 2.59. The molecule has 0 spiro atoms. The molecule has 1 N–H and O–H groups in total. The van der Waals surface area contributed by atoms with Gasteiger partial charge in [-0.1, -0.05) is 15.9 Å². The molecule has 0 aliphatic carbocycles. The van der Waals surface area contributed by atoms with Gasteiger partial charge < -0.3 is 14.8 Å². The summed E-state index contributed by atoms with van der Waals surface area (Å²) in [5, 5.41) is 2.77. The van der Waals surface area contributed by atoms with Gasteiger partial charge in [0.05, 0.1) is 4.83 Å². The Hall–Kier alpha value is -1.23. The van der Waals surface area contributed by atoms with Crippen LogP contribution in [0, 0.1) is 0 Å². The first-order valence-electron chi connectivity index (χ1n) is 5.01. The highest BCUT2D eigenvalue weighted by atomic mass is 79.9. The standard InChI is InChI=1S/C11H12BrNO3/c1-7(12)11(14)13-8-2-3-9-10(6-8)16-5-4-15-9/h2-3,6-7H,4-5H2,1H3,(H,13,14)/t7-/m1/s1. The number of nitrogens with one attached hydrogen (secondary N) is 1. The summed E-state index contributed by atoms with van der Waals surface area (Å²) in [4.78, 5) is 11.2. The molecule has 1 amide bonds. The lowest BCUT2D eigenvalue weighted by Gasteiger charge is -2.19. The number of rotatable bonds is 2. The third kappa shape index (κ3) is 2.47. The van der Waals surface area contributed by atoms with Crippen molar-refractivity contribution < 1.29 is 14.3 Å². The first-order valence-corrected chi connectivity index (χ1v) is 5.93. The van der Waals surface area contributed by atoms with Crippen molar-refractivity contribution in [2.24, 2.45) is 0 Å². The van der Waals surface area contributed by atoms with Gasteiger partial charge >= 0.3 is 0 Å². The molecule has 1 aliphatic heterocycles. The molecule has 0 aromatic heterocycles. The van der Waals surface area contributed by atoms with E-state index in [4.69, 9.17) is 9.47 Å². The van der Waals surface area contributed by atoms with Crippen LogP contribution in [0.25, 0.3) is 0 Å². The number of fused-ring (bicyclic) bond motifs is 1. The summed E-state index contributed by atoms with van der Waals surface area (Å²) in [7, 11) is 0. The van der Waals surface area contributed by atoms with E-state index in [1.165, 1.54) is 0 Å². The van der Waals surface area contributed by atoms with E-state index >= 15 is 0 Å². The Morgan fingerprint density at radius 3 is 2.75 bits per heavy atom. The van der Waals surface area contributed by atoms with Crippen LogP contribution in [-0.2, 0) is 4.79 Å².